The number of para-hydroxylation sites is 1. The number of unbranched alkanes of at least 4 members (excludes halogenated alkanes) is 9. The predicted octanol–water partition coefficient (Wildman–Crippen LogP) is 6.64. The van der Waals surface area contributed by atoms with Crippen LogP contribution < -0.4 is 5.11 Å². The van der Waals surface area contributed by atoms with Crippen molar-refractivity contribution in [2.75, 3.05) is 20.6 Å². The Labute approximate surface area is 195 Å². The lowest BCUT2D eigenvalue weighted by Gasteiger charge is -2.30. The minimum absolute atomic E-state index is 0.178. The third-order valence-corrected chi connectivity index (χ3v) is 5.69. The Bertz CT molecular complexity index is 743. The molecule has 0 aliphatic rings. The summed E-state index contributed by atoms with van der Waals surface area (Å²) in [6.45, 7) is 4.74. The van der Waals surface area contributed by atoms with E-state index < -0.39 is 11.7 Å². The van der Waals surface area contributed by atoms with Crippen molar-refractivity contribution < 1.29 is 19.5 Å². The first-order chi connectivity index (χ1) is 15.4. The molecule has 0 aromatic heterocycles. The smallest absolute Gasteiger partial charge is 0.335 e. The maximum Gasteiger partial charge on any atom is 0.335 e. The highest BCUT2D eigenvalue weighted by atomic mass is 16.4. The molecule has 0 spiro atoms. The molecule has 2 aromatic carbocycles. The highest BCUT2D eigenvalue weighted by Gasteiger charge is 2.14. The molecular formula is C28H43NO3. The van der Waals surface area contributed by atoms with Crippen LogP contribution in [0.3, 0.4) is 0 Å². The van der Waals surface area contributed by atoms with Gasteiger partial charge in [0.25, 0.3) is 0 Å². The molecule has 0 aliphatic heterocycles. The van der Waals surface area contributed by atoms with Crippen LogP contribution in [0.2, 0.25) is 0 Å². The Hall–Kier alpha value is -2.33. The Morgan fingerprint density at radius 1 is 0.781 bits per heavy atom. The molecule has 0 amide bonds. The number of quaternary nitrogens is 1. The van der Waals surface area contributed by atoms with Gasteiger partial charge in [-0.3, -0.25) is 0 Å². The molecule has 0 atom stereocenters. The van der Waals surface area contributed by atoms with E-state index in [9.17, 15) is 9.90 Å². The van der Waals surface area contributed by atoms with Gasteiger partial charge in [-0.25, -0.2) is 4.79 Å². The van der Waals surface area contributed by atoms with Crippen molar-refractivity contribution in [1.82, 2.24) is 0 Å². The predicted molar refractivity (Wildman–Crippen MR) is 132 cm³/mol. The van der Waals surface area contributed by atoms with Crippen LogP contribution >= 0.6 is 0 Å². The minimum atomic E-state index is -1.18. The number of rotatable bonds is 14. The van der Waals surface area contributed by atoms with E-state index in [-0.39, 0.29) is 5.56 Å². The second kappa shape index (κ2) is 16.3. The molecule has 4 nitrogen and oxygen atoms in total. The zero-order chi connectivity index (χ0) is 23.7. The minimum Gasteiger partial charge on any atom is -0.872 e. The first-order valence-corrected chi connectivity index (χ1v) is 12.2. The van der Waals surface area contributed by atoms with Crippen LogP contribution in [0, 0.1) is 0 Å². The molecular weight excluding hydrogens is 398 g/mol. The van der Waals surface area contributed by atoms with Crippen LogP contribution in [-0.4, -0.2) is 36.2 Å². The highest BCUT2D eigenvalue weighted by Crippen LogP contribution is 2.14. The van der Waals surface area contributed by atoms with Gasteiger partial charge in [-0.2, -0.15) is 0 Å². The number of carboxylic acid groups (broad SMARTS) is 1. The Morgan fingerprint density at radius 3 is 1.78 bits per heavy atom. The van der Waals surface area contributed by atoms with Gasteiger partial charge < -0.3 is 14.7 Å². The quantitative estimate of drug-likeness (QED) is 0.264. The molecule has 2 rings (SSSR count). The van der Waals surface area contributed by atoms with Crippen LogP contribution in [0.5, 0.6) is 5.75 Å². The summed E-state index contributed by atoms with van der Waals surface area (Å²) in [5, 5.41) is 19.0. The van der Waals surface area contributed by atoms with Crippen molar-refractivity contribution in [3.63, 3.8) is 0 Å². The largest absolute Gasteiger partial charge is 0.872 e. The fourth-order valence-corrected chi connectivity index (χ4v) is 3.83. The van der Waals surface area contributed by atoms with E-state index in [2.05, 4.69) is 51.4 Å². The van der Waals surface area contributed by atoms with Crippen LogP contribution in [0.1, 0.15) is 87.1 Å². The molecule has 4 heteroatoms. The van der Waals surface area contributed by atoms with E-state index in [4.69, 9.17) is 5.11 Å². The third kappa shape index (κ3) is 13.2. The van der Waals surface area contributed by atoms with Gasteiger partial charge in [0.05, 0.1) is 26.2 Å². The summed E-state index contributed by atoms with van der Waals surface area (Å²) < 4.78 is 1.11. The van der Waals surface area contributed by atoms with Gasteiger partial charge in [0.15, 0.2) is 0 Å². The van der Waals surface area contributed by atoms with Crippen molar-refractivity contribution in [3.8, 4) is 5.75 Å². The van der Waals surface area contributed by atoms with E-state index in [1.54, 1.807) is 0 Å². The van der Waals surface area contributed by atoms with E-state index in [0.717, 1.165) is 11.0 Å². The van der Waals surface area contributed by atoms with Crippen LogP contribution in [0.25, 0.3) is 0 Å². The maximum atomic E-state index is 10.7. The average Bonchev–Trinajstić information content (AvgIpc) is 2.76. The number of aromatic carboxylic acids is 1. The summed E-state index contributed by atoms with van der Waals surface area (Å²) in [7, 11) is 4.72. The summed E-state index contributed by atoms with van der Waals surface area (Å²) in [5.74, 6) is -1.62. The van der Waals surface area contributed by atoms with E-state index in [0.29, 0.717) is 0 Å². The van der Waals surface area contributed by atoms with Gasteiger partial charge in [0.2, 0.25) is 0 Å². The number of hydrogen-bond donors (Lipinski definition) is 1. The van der Waals surface area contributed by atoms with Crippen molar-refractivity contribution in [2.45, 2.75) is 77.7 Å². The lowest BCUT2D eigenvalue weighted by molar-refractivity contribution is -0.903. The number of carboxylic acids is 1. The van der Waals surface area contributed by atoms with Crippen molar-refractivity contribution in [3.05, 3.63) is 65.7 Å². The first kappa shape index (κ1) is 27.7. The van der Waals surface area contributed by atoms with Crippen molar-refractivity contribution >= 4 is 5.97 Å². The van der Waals surface area contributed by atoms with Gasteiger partial charge in [-0.1, -0.05) is 113 Å². The maximum absolute atomic E-state index is 10.7. The van der Waals surface area contributed by atoms with E-state index in [1.807, 2.05) is 0 Å². The fourth-order valence-electron chi connectivity index (χ4n) is 3.83. The van der Waals surface area contributed by atoms with Crippen LogP contribution in [-0.2, 0) is 6.54 Å². The second-order valence-electron chi connectivity index (χ2n) is 9.29. The van der Waals surface area contributed by atoms with Crippen LogP contribution in [0.4, 0.5) is 0 Å². The molecule has 0 unspecified atom stereocenters. The van der Waals surface area contributed by atoms with Crippen molar-refractivity contribution in [2.24, 2.45) is 0 Å². The molecule has 32 heavy (non-hydrogen) atoms. The summed E-state index contributed by atoms with van der Waals surface area (Å²) >= 11 is 0. The molecule has 0 bridgehead atoms. The summed E-state index contributed by atoms with van der Waals surface area (Å²) in [5.41, 5.74) is 1.28. The van der Waals surface area contributed by atoms with Crippen molar-refractivity contribution in [1.29, 1.82) is 0 Å². The Kier molecular flexibility index (Phi) is 14.1. The lowest BCUT2D eigenvalue weighted by Crippen LogP contribution is -2.39. The number of nitrogens with zero attached hydrogens (tertiary/aromatic N) is 1. The van der Waals surface area contributed by atoms with Gasteiger partial charge in [0.1, 0.15) is 6.54 Å². The number of carbonyl (C=O) groups is 1. The molecule has 0 aliphatic carbocycles. The number of benzene rings is 2. The monoisotopic (exact) mass is 441 g/mol. The first-order valence-electron chi connectivity index (χ1n) is 12.2. The summed E-state index contributed by atoms with van der Waals surface area (Å²) in [4.78, 5) is 10.2. The van der Waals surface area contributed by atoms with Gasteiger partial charge >= 0.3 is 5.97 Å². The Balaban J connectivity index is 0.000000425. The molecule has 178 valence electrons. The van der Waals surface area contributed by atoms with Crippen LogP contribution in [0.15, 0.2) is 54.6 Å². The van der Waals surface area contributed by atoms with Gasteiger partial charge in [-0.15, -0.1) is 0 Å². The van der Waals surface area contributed by atoms with Gasteiger partial charge in [-0.05, 0) is 18.9 Å². The zero-order valence-electron chi connectivity index (χ0n) is 20.4. The molecule has 1 N–H and O–H groups in total. The SMILES string of the molecule is CCCCCCCCCCCC[N+](C)(C)Cc1ccccc1.O=C(O)c1ccccc1[O-]. The third-order valence-electron chi connectivity index (χ3n) is 5.69. The molecule has 2 aromatic rings. The molecule has 0 saturated heterocycles. The lowest BCUT2D eigenvalue weighted by atomic mass is 10.1. The summed E-state index contributed by atoms with van der Waals surface area (Å²) in [6, 6.07) is 16.4. The Morgan fingerprint density at radius 2 is 1.28 bits per heavy atom. The second-order valence-corrected chi connectivity index (χ2v) is 9.29. The summed E-state index contributed by atoms with van der Waals surface area (Å²) in [6.07, 6.45) is 14.2. The average molecular weight is 442 g/mol. The topological polar surface area (TPSA) is 60.4 Å². The molecule has 0 saturated carbocycles. The standard InChI is InChI=1S/C21H38N.C7H6O3/c1-4-5-6-7-8-9-10-11-12-16-19-22(2,3)20-21-17-14-13-15-18-21;8-6-4-2-1-3-5(6)7(9)10/h13-15,17-18H,4-12,16,19-20H2,1-3H3;1-4,8H,(H,9,10)/q+1;/p-1. The normalized spacial score (nSPS) is 11.0. The van der Waals surface area contributed by atoms with Gasteiger partial charge in [0, 0.05) is 5.56 Å². The van der Waals surface area contributed by atoms with E-state index >= 15 is 0 Å². The molecule has 0 fully saturated rings. The zero-order valence-corrected chi connectivity index (χ0v) is 20.4. The van der Waals surface area contributed by atoms with E-state index in [1.165, 1.54) is 101 Å². The fraction of sp³-hybridized carbons (Fsp3) is 0.536. The molecule has 0 radical (unpaired) electrons. The molecule has 0 heterocycles. The number of hydrogen-bond acceptors (Lipinski definition) is 2. The highest BCUT2D eigenvalue weighted by molar-refractivity contribution is 5.90.